The van der Waals surface area contributed by atoms with E-state index >= 15 is 0 Å². The number of nitrogens with zero attached hydrogens (tertiary/aromatic N) is 2. The smallest absolute Gasteiger partial charge is 0.265 e. The Balaban J connectivity index is 1.97. The topological polar surface area (TPSA) is 63.3 Å². The van der Waals surface area contributed by atoms with Gasteiger partial charge in [-0.3, -0.25) is 4.79 Å². The second kappa shape index (κ2) is 8.80. The van der Waals surface area contributed by atoms with Crippen LogP contribution in [0, 0.1) is 3.95 Å². The quantitative estimate of drug-likeness (QED) is 0.702. The first kappa shape index (κ1) is 18.4. The number of amides is 1. The van der Waals surface area contributed by atoms with E-state index in [0.717, 1.165) is 45.4 Å². The van der Waals surface area contributed by atoms with Crippen molar-refractivity contribution >= 4 is 35.3 Å². The molecule has 1 fully saturated rings. The van der Waals surface area contributed by atoms with E-state index in [9.17, 15) is 4.79 Å². The zero-order chi connectivity index (χ0) is 16.8. The van der Waals surface area contributed by atoms with Crippen molar-refractivity contribution in [3.63, 3.8) is 0 Å². The molecule has 1 aromatic rings. The van der Waals surface area contributed by atoms with Gasteiger partial charge in [-0.15, -0.1) is 0 Å². The Bertz CT molecular complexity index is 571. The molecule has 0 saturated heterocycles. The van der Waals surface area contributed by atoms with Gasteiger partial charge in [-0.1, -0.05) is 38.0 Å². The summed E-state index contributed by atoms with van der Waals surface area (Å²) < 4.78 is 2.60. The van der Waals surface area contributed by atoms with Gasteiger partial charge < -0.3 is 20.5 Å². The highest BCUT2D eigenvalue weighted by atomic mass is 32.1. The van der Waals surface area contributed by atoms with Gasteiger partial charge >= 0.3 is 0 Å². The molecule has 1 saturated carbocycles. The molecule has 2 rings (SSSR count). The predicted octanol–water partition coefficient (Wildman–Crippen LogP) is 3.27. The lowest BCUT2D eigenvalue weighted by molar-refractivity contribution is 0.0942. The molecule has 0 atom stereocenters. The Morgan fingerprint density at radius 3 is 2.65 bits per heavy atom. The molecule has 1 amide bonds. The Morgan fingerprint density at radius 1 is 1.39 bits per heavy atom. The van der Waals surface area contributed by atoms with Gasteiger partial charge in [0, 0.05) is 12.6 Å². The number of hydrogen-bond donors (Lipinski definition) is 2. The summed E-state index contributed by atoms with van der Waals surface area (Å²) in [5.74, 6) is 0.461. The summed E-state index contributed by atoms with van der Waals surface area (Å²) in [4.78, 5) is 15.4. The number of hydrogen-bond acceptors (Lipinski definition) is 5. The van der Waals surface area contributed by atoms with Gasteiger partial charge in [0.15, 0.2) is 3.95 Å². The summed E-state index contributed by atoms with van der Waals surface area (Å²) in [6.07, 6.45) is 5.52. The number of nitrogen functional groups attached to an aromatic ring is 1. The normalized spacial score (nSPS) is 15.4. The highest BCUT2D eigenvalue weighted by Crippen LogP contribution is 2.24. The Labute approximate surface area is 147 Å². The van der Waals surface area contributed by atoms with Gasteiger partial charge in [0.25, 0.3) is 5.91 Å². The minimum atomic E-state index is -0.0620. The molecule has 1 aliphatic rings. The van der Waals surface area contributed by atoms with Crippen molar-refractivity contribution in [3.8, 4) is 0 Å². The van der Waals surface area contributed by atoms with Gasteiger partial charge in [-0.05, 0) is 51.1 Å². The summed E-state index contributed by atoms with van der Waals surface area (Å²) >= 11 is 6.74. The SMILES string of the molecule is CCN(CC)CCCn1c(N)c(C(=O)NC2CCCC2)sc1=S. The van der Waals surface area contributed by atoms with E-state index < -0.39 is 0 Å². The van der Waals surface area contributed by atoms with Crippen LogP contribution in [-0.4, -0.2) is 41.1 Å². The van der Waals surface area contributed by atoms with Crippen molar-refractivity contribution < 1.29 is 4.79 Å². The second-order valence-corrected chi connectivity index (χ2v) is 7.71. The van der Waals surface area contributed by atoms with Crippen LogP contribution in [0.25, 0.3) is 0 Å². The van der Waals surface area contributed by atoms with Crippen LogP contribution in [0.3, 0.4) is 0 Å². The van der Waals surface area contributed by atoms with Crippen molar-refractivity contribution in [3.05, 3.63) is 8.83 Å². The van der Waals surface area contributed by atoms with Crippen LogP contribution >= 0.6 is 23.6 Å². The fourth-order valence-corrected chi connectivity index (χ4v) is 4.38. The molecule has 0 aliphatic heterocycles. The molecular formula is C16H28N4OS2. The average molecular weight is 357 g/mol. The lowest BCUT2D eigenvalue weighted by Crippen LogP contribution is -2.32. The van der Waals surface area contributed by atoms with Crippen LogP contribution in [-0.2, 0) is 6.54 Å². The van der Waals surface area contributed by atoms with E-state index in [-0.39, 0.29) is 5.91 Å². The predicted molar refractivity (Wildman–Crippen MR) is 99.7 cm³/mol. The summed E-state index contributed by atoms with van der Waals surface area (Å²) in [5, 5.41) is 3.09. The molecule has 7 heteroatoms. The highest BCUT2D eigenvalue weighted by Gasteiger charge is 2.22. The second-order valence-electron chi connectivity index (χ2n) is 6.07. The summed E-state index contributed by atoms with van der Waals surface area (Å²) in [6, 6.07) is 0.300. The third-order valence-electron chi connectivity index (χ3n) is 4.58. The third kappa shape index (κ3) is 4.78. The monoisotopic (exact) mass is 356 g/mol. The zero-order valence-corrected chi connectivity index (χ0v) is 15.8. The van der Waals surface area contributed by atoms with Gasteiger partial charge in [-0.2, -0.15) is 0 Å². The first-order valence-electron chi connectivity index (χ1n) is 8.59. The Morgan fingerprint density at radius 2 is 2.04 bits per heavy atom. The zero-order valence-electron chi connectivity index (χ0n) is 14.1. The van der Waals surface area contributed by atoms with Crippen LogP contribution in [0.2, 0.25) is 0 Å². The standard InChI is InChI=1S/C16H28N4OS2/c1-3-19(4-2)10-7-11-20-14(17)13(23-16(20)22)15(21)18-12-8-5-6-9-12/h12H,3-11,17H2,1-2H3,(H,18,21). The number of carbonyl (C=O) groups is 1. The molecule has 0 unspecified atom stereocenters. The molecule has 1 aromatic heterocycles. The molecule has 0 bridgehead atoms. The fourth-order valence-electron chi connectivity index (χ4n) is 3.10. The molecule has 130 valence electrons. The minimum Gasteiger partial charge on any atom is -0.384 e. The van der Waals surface area contributed by atoms with E-state index in [4.69, 9.17) is 18.0 Å². The number of anilines is 1. The minimum absolute atomic E-state index is 0.0620. The van der Waals surface area contributed by atoms with E-state index in [1.165, 1.54) is 24.2 Å². The van der Waals surface area contributed by atoms with Crippen molar-refractivity contribution in [2.45, 2.75) is 58.5 Å². The van der Waals surface area contributed by atoms with Crippen molar-refractivity contribution in [1.29, 1.82) is 0 Å². The molecule has 0 radical (unpaired) electrons. The molecule has 5 nitrogen and oxygen atoms in total. The molecule has 23 heavy (non-hydrogen) atoms. The van der Waals surface area contributed by atoms with Crippen LogP contribution in [0.15, 0.2) is 0 Å². The number of thiazole rings is 1. The third-order valence-corrected chi connectivity index (χ3v) is 6.04. The summed E-state index contributed by atoms with van der Waals surface area (Å²) in [5.41, 5.74) is 6.19. The van der Waals surface area contributed by atoms with Gasteiger partial charge in [0.2, 0.25) is 0 Å². The number of nitrogens with one attached hydrogen (secondary N) is 1. The first-order valence-corrected chi connectivity index (χ1v) is 9.81. The molecular weight excluding hydrogens is 328 g/mol. The Hall–Kier alpha value is -0.920. The maximum Gasteiger partial charge on any atom is 0.265 e. The van der Waals surface area contributed by atoms with Crippen LogP contribution < -0.4 is 11.1 Å². The van der Waals surface area contributed by atoms with Gasteiger partial charge in [-0.25, -0.2) is 0 Å². The first-order chi connectivity index (χ1) is 11.1. The van der Waals surface area contributed by atoms with Gasteiger partial charge in [0.1, 0.15) is 10.7 Å². The van der Waals surface area contributed by atoms with E-state index in [0.29, 0.717) is 20.7 Å². The van der Waals surface area contributed by atoms with E-state index in [1.54, 1.807) is 0 Å². The van der Waals surface area contributed by atoms with Crippen LogP contribution in [0.1, 0.15) is 55.6 Å². The fraction of sp³-hybridized carbons (Fsp3) is 0.750. The van der Waals surface area contributed by atoms with E-state index in [2.05, 4.69) is 24.1 Å². The summed E-state index contributed by atoms with van der Waals surface area (Å²) in [6.45, 7) is 8.23. The van der Waals surface area contributed by atoms with Crippen molar-refractivity contribution in [1.82, 2.24) is 14.8 Å². The number of rotatable bonds is 8. The lowest BCUT2D eigenvalue weighted by atomic mass is 10.2. The molecule has 1 aliphatic carbocycles. The van der Waals surface area contributed by atoms with Crippen LogP contribution in [0.5, 0.6) is 0 Å². The van der Waals surface area contributed by atoms with E-state index in [1.807, 2.05) is 4.57 Å². The average Bonchev–Trinajstić information content (AvgIpc) is 3.13. The van der Waals surface area contributed by atoms with Crippen molar-refractivity contribution in [2.75, 3.05) is 25.4 Å². The molecule has 1 heterocycles. The number of carbonyl (C=O) groups excluding carboxylic acids is 1. The lowest BCUT2D eigenvalue weighted by Gasteiger charge is -2.18. The van der Waals surface area contributed by atoms with Crippen molar-refractivity contribution in [2.24, 2.45) is 0 Å². The maximum atomic E-state index is 12.4. The largest absolute Gasteiger partial charge is 0.384 e. The number of aromatic nitrogens is 1. The Kier molecular flexibility index (Phi) is 7.05. The summed E-state index contributed by atoms with van der Waals surface area (Å²) in [7, 11) is 0. The molecule has 0 spiro atoms. The molecule has 0 aromatic carbocycles. The number of nitrogens with two attached hydrogens (primary N) is 1. The van der Waals surface area contributed by atoms with Crippen LogP contribution in [0.4, 0.5) is 5.82 Å². The highest BCUT2D eigenvalue weighted by molar-refractivity contribution is 7.73. The maximum absolute atomic E-state index is 12.4. The van der Waals surface area contributed by atoms with Gasteiger partial charge in [0.05, 0.1) is 0 Å². The molecule has 3 N–H and O–H groups in total.